The molecule has 4 nitrogen and oxygen atoms in total. The molecule has 0 fully saturated rings. The lowest BCUT2D eigenvalue weighted by atomic mass is 10.3. The van der Waals surface area contributed by atoms with Crippen LogP contribution in [0.5, 0.6) is 0 Å². The third-order valence-electron chi connectivity index (χ3n) is 2.24. The summed E-state index contributed by atoms with van der Waals surface area (Å²) in [5, 5.41) is 0.463. The molecule has 0 bridgehead atoms. The molecule has 1 aromatic carbocycles. The molecule has 0 aliphatic rings. The van der Waals surface area contributed by atoms with Crippen molar-refractivity contribution in [2.24, 2.45) is 0 Å². The van der Waals surface area contributed by atoms with Gasteiger partial charge in [0.25, 0.3) is 0 Å². The number of nitrogens with one attached hydrogen (secondary N) is 1. The van der Waals surface area contributed by atoms with Crippen LogP contribution in [0.2, 0.25) is 5.02 Å². The van der Waals surface area contributed by atoms with Gasteiger partial charge in [0.05, 0.1) is 15.2 Å². The highest BCUT2D eigenvalue weighted by atomic mass is 79.9. The minimum absolute atomic E-state index is 0.421. The Morgan fingerprint density at radius 3 is 2.47 bits per heavy atom. The van der Waals surface area contributed by atoms with Gasteiger partial charge in [-0.05, 0) is 28.1 Å². The summed E-state index contributed by atoms with van der Waals surface area (Å²) in [7, 11) is -3.52. The van der Waals surface area contributed by atoms with E-state index in [1.807, 2.05) is 0 Å². The summed E-state index contributed by atoms with van der Waals surface area (Å²) in [5.74, 6) is 0. The van der Waals surface area contributed by atoms with Crippen molar-refractivity contribution >= 4 is 43.4 Å². The fourth-order valence-corrected chi connectivity index (χ4v) is 3.28. The number of hydrogen-bond acceptors (Lipinski definition) is 2. The zero-order valence-electron chi connectivity index (χ0n) is 9.57. The molecule has 1 N–H and O–H groups in total. The van der Waals surface area contributed by atoms with Gasteiger partial charge in [-0.1, -0.05) is 31.5 Å². The summed E-state index contributed by atoms with van der Waals surface area (Å²) in [6, 6.07) is 5.02. The average Bonchev–Trinajstić information content (AvgIpc) is 2.26. The van der Waals surface area contributed by atoms with Crippen molar-refractivity contribution in [1.82, 2.24) is 4.31 Å². The minimum Gasteiger partial charge on any atom is -0.270 e. The van der Waals surface area contributed by atoms with E-state index in [0.717, 1.165) is 0 Å². The van der Waals surface area contributed by atoms with Crippen molar-refractivity contribution in [3.05, 3.63) is 27.7 Å². The first-order valence-electron chi connectivity index (χ1n) is 5.14. The molecule has 1 rings (SSSR count). The monoisotopic (exact) mass is 340 g/mol. The Bertz CT molecular complexity index is 489. The summed E-state index contributed by atoms with van der Waals surface area (Å²) in [6.45, 7) is 4.42. The molecule has 0 aliphatic carbocycles. The number of nitrogens with zero attached hydrogens (tertiary/aromatic N) is 1. The first kappa shape index (κ1) is 14.8. The molecular formula is C10H14BrClN2O2S. The van der Waals surface area contributed by atoms with E-state index in [4.69, 9.17) is 11.6 Å². The molecule has 0 aliphatic heterocycles. The summed E-state index contributed by atoms with van der Waals surface area (Å²) >= 11 is 9.14. The zero-order valence-corrected chi connectivity index (χ0v) is 12.7. The Kier molecular flexibility index (Phi) is 5.24. The lowest BCUT2D eigenvalue weighted by molar-refractivity contribution is 0.449. The van der Waals surface area contributed by atoms with Crippen molar-refractivity contribution in [1.29, 1.82) is 0 Å². The van der Waals surface area contributed by atoms with Crippen molar-refractivity contribution in [2.75, 3.05) is 17.8 Å². The summed E-state index contributed by atoms with van der Waals surface area (Å²) in [4.78, 5) is 0. The van der Waals surface area contributed by atoms with Crippen LogP contribution >= 0.6 is 27.5 Å². The molecule has 96 valence electrons. The van der Waals surface area contributed by atoms with E-state index in [-0.39, 0.29) is 0 Å². The fourth-order valence-electron chi connectivity index (χ4n) is 1.35. The second kappa shape index (κ2) is 6.04. The fraction of sp³-hybridized carbons (Fsp3) is 0.400. The van der Waals surface area contributed by atoms with Crippen LogP contribution in [0, 0.1) is 0 Å². The van der Waals surface area contributed by atoms with Gasteiger partial charge in [-0.15, -0.1) is 0 Å². The maximum absolute atomic E-state index is 12.0. The van der Waals surface area contributed by atoms with Crippen LogP contribution < -0.4 is 4.72 Å². The Morgan fingerprint density at radius 1 is 1.35 bits per heavy atom. The largest absolute Gasteiger partial charge is 0.301 e. The van der Waals surface area contributed by atoms with Crippen LogP contribution in [0.25, 0.3) is 0 Å². The normalized spacial score (nSPS) is 11.8. The second-order valence-corrected chi connectivity index (χ2v) is 6.16. The number of anilines is 1. The van der Waals surface area contributed by atoms with E-state index in [2.05, 4.69) is 20.7 Å². The van der Waals surface area contributed by atoms with Crippen LogP contribution in [0.1, 0.15) is 13.8 Å². The Morgan fingerprint density at radius 2 is 1.94 bits per heavy atom. The van der Waals surface area contributed by atoms with Gasteiger partial charge in [-0.2, -0.15) is 12.7 Å². The predicted octanol–water partition coefficient (Wildman–Crippen LogP) is 3.10. The molecule has 0 saturated carbocycles. The zero-order chi connectivity index (χ0) is 13.1. The number of hydrogen-bond donors (Lipinski definition) is 1. The van der Waals surface area contributed by atoms with Gasteiger partial charge in [-0.25, -0.2) is 0 Å². The lowest BCUT2D eigenvalue weighted by Crippen LogP contribution is -2.35. The van der Waals surface area contributed by atoms with Crippen molar-refractivity contribution in [2.45, 2.75) is 13.8 Å². The highest BCUT2D eigenvalue weighted by Crippen LogP contribution is 2.30. The third kappa shape index (κ3) is 3.58. The van der Waals surface area contributed by atoms with E-state index >= 15 is 0 Å². The van der Waals surface area contributed by atoms with E-state index in [9.17, 15) is 8.42 Å². The third-order valence-corrected chi connectivity index (χ3v) is 5.31. The van der Waals surface area contributed by atoms with Gasteiger partial charge in [-0.3, -0.25) is 4.72 Å². The molecule has 7 heteroatoms. The first-order chi connectivity index (χ1) is 7.92. The minimum atomic E-state index is -3.52. The van der Waals surface area contributed by atoms with E-state index in [1.165, 1.54) is 4.31 Å². The molecule has 17 heavy (non-hydrogen) atoms. The molecule has 0 unspecified atom stereocenters. The summed E-state index contributed by atoms with van der Waals surface area (Å²) in [5.41, 5.74) is 0.435. The Labute approximate surface area is 115 Å². The summed E-state index contributed by atoms with van der Waals surface area (Å²) < 4.78 is 28.3. The summed E-state index contributed by atoms with van der Waals surface area (Å²) in [6.07, 6.45) is 0. The van der Waals surface area contributed by atoms with Gasteiger partial charge in [0.2, 0.25) is 0 Å². The van der Waals surface area contributed by atoms with E-state index in [0.29, 0.717) is 28.3 Å². The van der Waals surface area contributed by atoms with Gasteiger partial charge < -0.3 is 0 Å². The number of benzene rings is 1. The highest BCUT2D eigenvalue weighted by molar-refractivity contribution is 9.10. The molecular weight excluding hydrogens is 328 g/mol. The van der Waals surface area contributed by atoms with Gasteiger partial charge >= 0.3 is 10.2 Å². The molecule has 0 heterocycles. The molecule has 0 saturated heterocycles. The van der Waals surface area contributed by atoms with Crippen molar-refractivity contribution < 1.29 is 8.42 Å². The number of rotatable bonds is 5. The van der Waals surface area contributed by atoms with Gasteiger partial charge in [0, 0.05) is 13.1 Å². The Hall–Kier alpha value is -0.300. The quantitative estimate of drug-likeness (QED) is 0.894. The van der Waals surface area contributed by atoms with E-state index < -0.39 is 10.2 Å². The van der Waals surface area contributed by atoms with E-state index in [1.54, 1.807) is 32.0 Å². The SMILES string of the molecule is CCN(CC)S(=O)(=O)Nc1cccc(Cl)c1Br. The maximum Gasteiger partial charge on any atom is 0.301 e. The molecule has 0 spiro atoms. The van der Waals surface area contributed by atoms with Crippen LogP contribution in [-0.2, 0) is 10.2 Å². The molecule has 0 atom stereocenters. The van der Waals surface area contributed by atoms with Crippen molar-refractivity contribution in [3.8, 4) is 0 Å². The van der Waals surface area contributed by atoms with Crippen LogP contribution in [0.15, 0.2) is 22.7 Å². The molecule has 0 aromatic heterocycles. The smallest absolute Gasteiger partial charge is 0.270 e. The van der Waals surface area contributed by atoms with Crippen LogP contribution in [0.4, 0.5) is 5.69 Å². The average molecular weight is 342 g/mol. The van der Waals surface area contributed by atoms with Crippen molar-refractivity contribution in [3.63, 3.8) is 0 Å². The second-order valence-electron chi connectivity index (χ2n) is 3.29. The Balaban J connectivity index is 3.02. The van der Waals surface area contributed by atoms with Crippen LogP contribution in [0.3, 0.4) is 0 Å². The highest BCUT2D eigenvalue weighted by Gasteiger charge is 2.19. The molecule has 0 radical (unpaired) electrons. The van der Waals surface area contributed by atoms with Gasteiger partial charge in [0.1, 0.15) is 0 Å². The topological polar surface area (TPSA) is 49.4 Å². The van der Waals surface area contributed by atoms with Crippen LogP contribution in [-0.4, -0.2) is 25.8 Å². The maximum atomic E-state index is 12.0. The first-order valence-corrected chi connectivity index (χ1v) is 7.75. The molecule has 1 aromatic rings. The molecule has 0 amide bonds. The van der Waals surface area contributed by atoms with Gasteiger partial charge in [0.15, 0.2) is 0 Å². The number of halogens is 2. The standard InChI is InChI=1S/C10H14BrClN2O2S/c1-3-14(4-2)17(15,16)13-9-7-5-6-8(12)10(9)11/h5-7,13H,3-4H2,1-2H3. The lowest BCUT2D eigenvalue weighted by Gasteiger charge is -2.20. The predicted molar refractivity (Wildman–Crippen MR) is 74.6 cm³/mol.